The van der Waals surface area contributed by atoms with Crippen molar-refractivity contribution in [3.05, 3.63) is 65.2 Å². The number of ether oxygens (including phenoxy) is 1. The second-order valence-electron chi connectivity index (χ2n) is 4.38. The number of epoxide rings is 1. The molecule has 0 spiro atoms. The third kappa shape index (κ3) is 2.78. The highest BCUT2D eigenvalue weighted by molar-refractivity contribution is 6.30. The number of carbonyl (C=O) groups excluding carboxylic acids is 1. The largest absolute Gasteiger partial charge is 0.354 e. The van der Waals surface area contributed by atoms with Crippen molar-refractivity contribution >= 4 is 23.2 Å². The molecule has 1 aliphatic rings. The van der Waals surface area contributed by atoms with E-state index in [1.165, 1.54) is 0 Å². The number of halogens is 1. The first-order valence-corrected chi connectivity index (χ1v) is 6.39. The molecule has 2 atom stereocenters. The van der Waals surface area contributed by atoms with E-state index < -0.39 is 6.10 Å². The van der Waals surface area contributed by atoms with Crippen LogP contribution in [0.3, 0.4) is 0 Å². The highest BCUT2D eigenvalue weighted by atomic mass is 35.5. The van der Waals surface area contributed by atoms with Crippen LogP contribution < -0.4 is 5.32 Å². The standard InChI is InChI=1S/C15H12ClNO2/c16-11-8-6-10(7-9-11)13-14(19-13)15(18)17-12-4-2-1-3-5-12/h1-9,13-14H,(H,17,18)/t13-,14-/m0/s1. The number of hydrogen-bond donors (Lipinski definition) is 1. The van der Waals surface area contributed by atoms with Gasteiger partial charge in [0.1, 0.15) is 6.10 Å². The Balaban J connectivity index is 1.63. The van der Waals surface area contributed by atoms with Gasteiger partial charge in [-0.2, -0.15) is 0 Å². The highest BCUT2D eigenvalue weighted by Gasteiger charge is 2.46. The molecule has 1 N–H and O–H groups in total. The van der Waals surface area contributed by atoms with E-state index in [-0.39, 0.29) is 12.0 Å². The molecule has 2 aromatic carbocycles. The average Bonchev–Trinajstić information content (AvgIpc) is 3.21. The Labute approximate surface area is 116 Å². The lowest BCUT2D eigenvalue weighted by Gasteiger charge is -2.02. The summed E-state index contributed by atoms with van der Waals surface area (Å²) in [4.78, 5) is 12.0. The van der Waals surface area contributed by atoms with Crippen LogP contribution in [0.5, 0.6) is 0 Å². The van der Waals surface area contributed by atoms with Crippen LogP contribution in [-0.4, -0.2) is 12.0 Å². The molecule has 0 aromatic heterocycles. The minimum atomic E-state index is -0.415. The first-order chi connectivity index (χ1) is 9.24. The third-order valence-electron chi connectivity index (χ3n) is 2.99. The Hall–Kier alpha value is -1.84. The molecule has 0 saturated carbocycles. The van der Waals surface area contributed by atoms with Crippen molar-refractivity contribution in [3.63, 3.8) is 0 Å². The molecule has 96 valence electrons. The summed E-state index contributed by atoms with van der Waals surface area (Å²) >= 11 is 5.82. The Morgan fingerprint density at radius 1 is 1.05 bits per heavy atom. The van der Waals surface area contributed by atoms with Gasteiger partial charge in [0.05, 0.1) is 0 Å². The number of anilines is 1. The van der Waals surface area contributed by atoms with E-state index in [1.807, 2.05) is 42.5 Å². The minimum absolute atomic E-state index is 0.119. The lowest BCUT2D eigenvalue weighted by molar-refractivity contribution is -0.117. The molecular weight excluding hydrogens is 262 g/mol. The van der Waals surface area contributed by atoms with Crippen molar-refractivity contribution in [2.75, 3.05) is 5.32 Å². The van der Waals surface area contributed by atoms with Gasteiger partial charge in [-0.15, -0.1) is 0 Å². The maximum Gasteiger partial charge on any atom is 0.256 e. The van der Waals surface area contributed by atoms with E-state index in [1.54, 1.807) is 12.1 Å². The lowest BCUT2D eigenvalue weighted by Crippen LogP contribution is -2.18. The second-order valence-corrected chi connectivity index (χ2v) is 4.82. The smallest absolute Gasteiger partial charge is 0.256 e. The highest BCUT2D eigenvalue weighted by Crippen LogP contribution is 2.39. The Morgan fingerprint density at radius 2 is 1.74 bits per heavy atom. The number of amides is 1. The summed E-state index contributed by atoms with van der Waals surface area (Å²) in [5.74, 6) is -0.119. The Morgan fingerprint density at radius 3 is 2.42 bits per heavy atom. The molecule has 2 aromatic rings. The van der Waals surface area contributed by atoms with Crippen molar-refractivity contribution < 1.29 is 9.53 Å². The summed E-state index contributed by atoms with van der Waals surface area (Å²) in [5, 5.41) is 3.50. The van der Waals surface area contributed by atoms with Crippen molar-refractivity contribution in [2.24, 2.45) is 0 Å². The van der Waals surface area contributed by atoms with Gasteiger partial charge in [-0.25, -0.2) is 0 Å². The Kier molecular flexibility index (Phi) is 3.23. The normalized spacial score (nSPS) is 20.9. The second kappa shape index (κ2) is 5.03. The predicted molar refractivity (Wildman–Crippen MR) is 74.1 cm³/mol. The van der Waals surface area contributed by atoms with E-state index in [9.17, 15) is 4.79 Å². The quantitative estimate of drug-likeness (QED) is 0.871. The maximum absolute atomic E-state index is 12.0. The molecule has 0 radical (unpaired) electrons. The van der Waals surface area contributed by atoms with Crippen molar-refractivity contribution in [2.45, 2.75) is 12.2 Å². The van der Waals surface area contributed by atoms with Crippen molar-refractivity contribution in [3.8, 4) is 0 Å². The fourth-order valence-electron chi connectivity index (χ4n) is 1.95. The number of hydrogen-bond acceptors (Lipinski definition) is 2. The van der Waals surface area contributed by atoms with Crippen LogP contribution in [0.1, 0.15) is 11.7 Å². The summed E-state index contributed by atoms with van der Waals surface area (Å²) in [6.45, 7) is 0. The molecule has 1 fully saturated rings. The molecular formula is C15H12ClNO2. The summed E-state index contributed by atoms with van der Waals surface area (Å²) in [6.07, 6.45) is -0.581. The first-order valence-electron chi connectivity index (χ1n) is 6.01. The molecule has 3 nitrogen and oxygen atoms in total. The van der Waals surface area contributed by atoms with E-state index in [0.29, 0.717) is 5.02 Å². The maximum atomic E-state index is 12.0. The summed E-state index contributed by atoms with van der Waals surface area (Å²) < 4.78 is 5.42. The fourth-order valence-corrected chi connectivity index (χ4v) is 2.08. The summed E-state index contributed by atoms with van der Waals surface area (Å²) in [5.41, 5.74) is 1.75. The van der Waals surface area contributed by atoms with Gasteiger partial charge in [-0.05, 0) is 29.8 Å². The van der Waals surface area contributed by atoms with Crippen LogP contribution >= 0.6 is 11.6 Å². The zero-order valence-electron chi connectivity index (χ0n) is 10.0. The number of rotatable bonds is 3. The van der Waals surface area contributed by atoms with E-state index in [0.717, 1.165) is 11.3 Å². The minimum Gasteiger partial charge on any atom is -0.354 e. The molecule has 3 rings (SSSR count). The van der Waals surface area contributed by atoms with Crippen LogP contribution in [0, 0.1) is 0 Å². The topological polar surface area (TPSA) is 41.6 Å². The first kappa shape index (κ1) is 12.2. The van der Waals surface area contributed by atoms with Gasteiger partial charge in [0.15, 0.2) is 6.10 Å². The SMILES string of the molecule is O=C(Nc1ccccc1)[C@H]1O[C@H]1c1ccc(Cl)cc1. The average molecular weight is 274 g/mol. The van der Waals surface area contributed by atoms with E-state index >= 15 is 0 Å². The van der Waals surface area contributed by atoms with Gasteiger partial charge in [-0.3, -0.25) is 4.79 Å². The van der Waals surface area contributed by atoms with Gasteiger partial charge in [0.25, 0.3) is 5.91 Å². The molecule has 0 aliphatic carbocycles. The number of para-hydroxylation sites is 1. The van der Waals surface area contributed by atoms with E-state index in [4.69, 9.17) is 16.3 Å². The number of benzene rings is 2. The van der Waals surface area contributed by atoms with Crippen LogP contribution in [0.2, 0.25) is 5.02 Å². The van der Waals surface area contributed by atoms with Gasteiger partial charge >= 0.3 is 0 Å². The van der Waals surface area contributed by atoms with Gasteiger partial charge in [0, 0.05) is 10.7 Å². The van der Waals surface area contributed by atoms with Gasteiger partial charge in [-0.1, -0.05) is 41.9 Å². The molecule has 1 heterocycles. The van der Waals surface area contributed by atoms with Crippen LogP contribution in [-0.2, 0) is 9.53 Å². The molecule has 19 heavy (non-hydrogen) atoms. The van der Waals surface area contributed by atoms with Crippen LogP contribution in [0.25, 0.3) is 0 Å². The summed E-state index contributed by atoms with van der Waals surface area (Å²) in [6, 6.07) is 16.7. The molecule has 0 unspecified atom stereocenters. The molecule has 1 amide bonds. The molecule has 1 saturated heterocycles. The molecule has 1 aliphatic heterocycles. The van der Waals surface area contributed by atoms with Crippen molar-refractivity contribution in [1.82, 2.24) is 0 Å². The fraction of sp³-hybridized carbons (Fsp3) is 0.133. The van der Waals surface area contributed by atoms with Crippen molar-refractivity contribution in [1.29, 1.82) is 0 Å². The predicted octanol–water partition coefficient (Wildman–Crippen LogP) is 3.42. The number of carbonyl (C=O) groups is 1. The number of nitrogens with one attached hydrogen (secondary N) is 1. The monoisotopic (exact) mass is 273 g/mol. The van der Waals surface area contributed by atoms with E-state index in [2.05, 4.69) is 5.32 Å². The van der Waals surface area contributed by atoms with Gasteiger partial charge in [0.2, 0.25) is 0 Å². The van der Waals surface area contributed by atoms with Crippen LogP contribution in [0.4, 0.5) is 5.69 Å². The lowest BCUT2D eigenvalue weighted by atomic mass is 10.1. The molecule has 0 bridgehead atoms. The van der Waals surface area contributed by atoms with Gasteiger partial charge < -0.3 is 10.1 Å². The molecule has 4 heteroatoms. The zero-order valence-corrected chi connectivity index (χ0v) is 10.8. The Bertz CT molecular complexity index is 583. The zero-order chi connectivity index (χ0) is 13.2. The third-order valence-corrected chi connectivity index (χ3v) is 3.24. The summed E-state index contributed by atoms with van der Waals surface area (Å²) in [7, 11) is 0. The van der Waals surface area contributed by atoms with Crippen LogP contribution in [0.15, 0.2) is 54.6 Å².